The number of aryl methyl sites for hydroxylation is 1. The van der Waals surface area contributed by atoms with Crippen molar-refractivity contribution < 1.29 is 0 Å². The average molecular weight is 281 g/mol. The van der Waals surface area contributed by atoms with Crippen LogP contribution < -0.4 is 5.32 Å². The molecule has 20 heavy (non-hydrogen) atoms. The number of anilines is 1. The van der Waals surface area contributed by atoms with E-state index in [2.05, 4.69) is 28.5 Å². The first-order valence-corrected chi connectivity index (χ1v) is 8.09. The maximum atomic E-state index is 9.39. The van der Waals surface area contributed by atoms with Gasteiger partial charge in [-0.2, -0.15) is 5.26 Å². The maximum Gasteiger partial charge on any atom is 0.103 e. The fourth-order valence-electron chi connectivity index (χ4n) is 2.97. The van der Waals surface area contributed by atoms with Crippen LogP contribution in [-0.4, -0.2) is 16.8 Å². The van der Waals surface area contributed by atoms with Gasteiger partial charge in [0.25, 0.3) is 0 Å². The molecule has 2 heterocycles. The summed E-state index contributed by atoms with van der Waals surface area (Å²) < 4.78 is 0. The minimum atomic E-state index is 0.526. The van der Waals surface area contributed by atoms with E-state index in [1.807, 2.05) is 11.8 Å². The summed E-state index contributed by atoms with van der Waals surface area (Å²) in [6, 6.07) is 7.08. The van der Waals surface area contributed by atoms with Crippen molar-refractivity contribution in [2.45, 2.75) is 36.6 Å². The van der Waals surface area contributed by atoms with E-state index in [1.54, 1.807) is 6.20 Å². The summed E-state index contributed by atoms with van der Waals surface area (Å²) in [7, 11) is 0. The van der Waals surface area contributed by atoms with Gasteiger partial charge in [-0.3, -0.25) is 4.98 Å². The number of rotatable bonds is 2. The molecule has 0 spiro atoms. The summed E-state index contributed by atoms with van der Waals surface area (Å²) in [5.41, 5.74) is 4.07. The molecule has 4 rings (SSSR count). The Kier molecular flexibility index (Phi) is 2.82. The highest BCUT2D eigenvalue weighted by Gasteiger charge is 2.23. The number of nitrogens with one attached hydrogen (secondary N) is 1. The zero-order chi connectivity index (χ0) is 13.5. The van der Waals surface area contributed by atoms with Crippen molar-refractivity contribution in [3.05, 3.63) is 29.5 Å². The van der Waals surface area contributed by atoms with Crippen LogP contribution in [0.15, 0.2) is 23.2 Å². The number of nitrogens with zero attached hydrogens (tertiary/aromatic N) is 2. The number of nitriles is 1. The monoisotopic (exact) mass is 281 g/mol. The molecule has 1 aromatic carbocycles. The predicted octanol–water partition coefficient (Wildman–Crippen LogP) is 3.72. The Morgan fingerprint density at radius 2 is 2.25 bits per heavy atom. The minimum absolute atomic E-state index is 0.526. The molecule has 0 unspecified atom stereocenters. The van der Waals surface area contributed by atoms with E-state index in [9.17, 15) is 5.26 Å². The number of aromatic nitrogens is 1. The van der Waals surface area contributed by atoms with Crippen molar-refractivity contribution >= 4 is 28.4 Å². The van der Waals surface area contributed by atoms with Gasteiger partial charge in [0.1, 0.15) is 6.07 Å². The molecule has 1 aliphatic carbocycles. The van der Waals surface area contributed by atoms with E-state index in [1.165, 1.54) is 35.1 Å². The first kappa shape index (κ1) is 12.0. The van der Waals surface area contributed by atoms with Crippen LogP contribution in [0.2, 0.25) is 0 Å². The molecule has 0 saturated heterocycles. The second-order valence-electron chi connectivity index (χ2n) is 5.47. The Morgan fingerprint density at radius 1 is 1.35 bits per heavy atom. The Balaban J connectivity index is 1.96. The second kappa shape index (κ2) is 4.68. The number of thioether (sulfide) groups is 1. The molecule has 2 aromatic rings. The molecule has 1 aromatic heterocycles. The molecule has 3 nitrogen and oxygen atoms in total. The number of hydrogen-bond acceptors (Lipinski definition) is 4. The van der Waals surface area contributed by atoms with Crippen molar-refractivity contribution in [3.8, 4) is 6.07 Å². The van der Waals surface area contributed by atoms with Gasteiger partial charge < -0.3 is 5.32 Å². The Bertz CT molecular complexity index is 729. The van der Waals surface area contributed by atoms with Crippen molar-refractivity contribution in [2.24, 2.45) is 0 Å². The highest BCUT2D eigenvalue weighted by atomic mass is 32.2. The number of fused-ring (bicyclic) bond motifs is 3. The van der Waals surface area contributed by atoms with Crippen LogP contribution in [0.1, 0.15) is 30.4 Å². The lowest BCUT2D eigenvalue weighted by Gasteiger charge is -2.28. The lowest BCUT2D eigenvalue weighted by Crippen LogP contribution is -2.27. The Morgan fingerprint density at radius 3 is 3.00 bits per heavy atom. The molecule has 1 fully saturated rings. The maximum absolute atomic E-state index is 9.39. The third-order valence-electron chi connectivity index (χ3n) is 4.28. The fourth-order valence-corrected chi connectivity index (χ4v) is 4.04. The van der Waals surface area contributed by atoms with E-state index in [0.717, 1.165) is 23.4 Å². The summed E-state index contributed by atoms with van der Waals surface area (Å²) >= 11 is 1.91. The molecule has 0 atom stereocenters. The van der Waals surface area contributed by atoms with Gasteiger partial charge in [-0.1, -0.05) is 0 Å². The van der Waals surface area contributed by atoms with Crippen molar-refractivity contribution in [3.63, 3.8) is 0 Å². The molecule has 4 heteroatoms. The summed E-state index contributed by atoms with van der Waals surface area (Å²) in [6.45, 7) is 0. The Hall–Kier alpha value is -1.73. The van der Waals surface area contributed by atoms with Crippen LogP contribution in [0.25, 0.3) is 10.9 Å². The predicted molar refractivity (Wildman–Crippen MR) is 82.1 cm³/mol. The summed E-state index contributed by atoms with van der Waals surface area (Å²) in [4.78, 5) is 5.82. The molecule has 100 valence electrons. The summed E-state index contributed by atoms with van der Waals surface area (Å²) in [5, 5.41) is 14.2. The zero-order valence-corrected chi connectivity index (χ0v) is 12.0. The van der Waals surface area contributed by atoms with Gasteiger partial charge in [-0.15, -0.1) is 11.8 Å². The smallest absolute Gasteiger partial charge is 0.103 e. The van der Waals surface area contributed by atoms with Crippen LogP contribution in [0, 0.1) is 11.3 Å². The van der Waals surface area contributed by atoms with Crippen molar-refractivity contribution in [2.75, 3.05) is 11.1 Å². The average Bonchev–Trinajstić information content (AvgIpc) is 2.90. The van der Waals surface area contributed by atoms with Crippen LogP contribution in [-0.2, 0) is 6.42 Å². The van der Waals surface area contributed by atoms with Gasteiger partial charge >= 0.3 is 0 Å². The zero-order valence-electron chi connectivity index (χ0n) is 11.1. The van der Waals surface area contributed by atoms with Crippen LogP contribution in [0.3, 0.4) is 0 Å². The minimum Gasteiger partial charge on any atom is -0.381 e. The molecular formula is C16H15N3S. The molecule has 1 aliphatic heterocycles. The first-order valence-electron chi connectivity index (χ1n) is 7.11. The van der Waals surface area contributed by atoms with E-state index >= 15 is 0 Å². The van der Waals surface area contributed by atoms with Gasteiger partial charge in [0.2, 0.25) is 0 Å². The highest BCUT2D eigenvalue weighted by Crippen LogP contribution is 2.40. The second-order valence-corrected chi connectivity index (χ2v) is 6.60. The van der Waals surface area contributed by atoms with Gasteiger partial charge in [-0.25, -0.2) is 0 Å². The van der Waals surface area contributed by atoms with Gasteiger partial charge in [0.15, 0.2) is 0 Å². The van der Waals surface area contributed by atoms with Crippen LogP contribution in [0.5, 0.6) is 0 Å². The third kappa shape index (κ3) is 1.77. The third-order valence-corrected chi connectivity index (χ3v) is 5.39. The number of benzene rings is 1. The fraction of sp³-hybridized carbons (Fsp3) is 0.375. The van der Waals surface area contributed by atoms with Gasteiger partial charge in [0, 0.05) is 28.3 Å². The van der Waals surface area contributed by atoms with Crippen molar-refractivity contribution in [1.29, 1.82) is 5.26 Å². The molecule has 0 bridgehead atoms. The molecule has 2 aliphatic rings. The van der Waals surface area contributed by atoms with E-state index in [4.69, 9.17) is 0 Å². The van der Waals surface area contributed by atoms with E-state index in [-0.39, 0.29) is 0 Å². The molecular weight excluding hydrogens is 266 g/mol. The molecule has 1 saturated carbocycles. The molecule has 0 amide bonds. The quantitative estimate of drug-likeness (QED) is 0.911. The van der Waals surface area contributed by atoms with E-state index < -0.39 is 0 Å². The Labute approximate surface area is 122 Å². The molecule has 0 radical (unpaired) electrons. The topological polar surface area (TPSA) is 48.7 Å². The van der Waals surface area contributed by atoms with E-state index in [0.29, 0.717) is 11.6 Å². The van der Waals surface area contributed by atoms with Crippen LogP contribution >= 0.6 is 11.8 Å². The van der Waals surface area contributed by atoms with Crippen LogP contribution in [0.4, 0.5) is 5.69 Å². The van der Waals surface area contributed by atoms with Crippen molar-refractivity contribution in [1.82, 2.24) is 4.98 Å². The first-order chi connectivity index (χ1) is 9.86. The number of pyridine rings is 1. The molecule has 1 N–H and O–H groups in total. The van der Waals surface area contributed by atoms with Gasteiger partial charge in [0.05, 0.1) is 16.8 Å². The van der Waals surface area contributed by atoms with Gasteiger partial charge in [-0.05, 0) is 43.4 Å². The standard InChI is InChI=1S/C16H15N3S/c17-8-10-9-18-13-4-5-14-12(6-7-20-14)15(13)16(10)19-11-2-1-3-11/h4-5,9,11H,1-3,6-7H2,(H,18,19). The summed E-state index contributed by atoms with van der Waals surface area (Å²) in [6.07, 6.45) is 6.48. The highest BCUT2D eigenvalue weighted by molar-refractivity contribution is 7.99. The largest absolute Gasteiger partial charge is 0.381 e. The summed E-state index contributed by atoms with van der Waals surface area (Å²) in [5.74, 6) is 1.13. The lowest BCUT2D eigenvalue weighted by atomic mass is 9.92. The SMILES string of the molecule is N#Cc1cnc2ccc3c(c2c1NC1CCC1)CCS3. The lowest BCUT2D eigenvalue weighted by molar-refractivity contribution is 0.446. The normalized spacial score (nSPS) is 17.6. The number of hydrogen-bond donors (Lipinski definition) is 1.